The highest BCUT2D eigenvalue weighted by Crippen LogP contribution is 2.30. The molecule has 7 heteroatoms. The second kappa shape index (κ2) is 8.67. The lowest BCUT2D eigenvalue weighted by atomic mass is 10.0. The number of anilines is 1. The summed E-state index contributed by atoms with van der Waals surface area (Å²) in [7, 11) is 3.91. The van der Waals surface area contributed by atoms with Gasteiger partial charge in [0.05, 0.1) is 5.69 Å². The minimum Gasteiger partial charge on any atom is -0.345 e. The lowest BCUT2D eigenvalue weighted by Gasteiger charge is -2.07. The zero-order chi connectivity index (χ0) is 20.9. The van der Waals surface area contributed by atoms with E-state index in [2.05, 4.69) is 31.3 Å². The molecule has 0 aliphatic heterocycles. The molecule has 30 heavy (non-hydrogen) atoms. The molecule has 7 nitrogen and oxygen atoms in total. The summed E-state index contributed by atoms with van der Waals surface area (Å²) in [6.07, 6.45) is 10.4. The Bertz CT molecular complexity index is 1200. The van der Waals surface area contributed by atoms with Gasteiger partial charge >= 0.3 is 0 Å². The molecule has 150 valence electrons. The molecule has 0 fully saturated rings. The Balaban J connectivity index is 1.61. The molecule has 0 atom stereocenters. The van der Waals surface area contributed by atoms with Crippen LogP contribution in [0.2, 0.25) is 0 Å². The Morgan fingerprint density at radius 2 is 2.07 bits per heavy atom. The first-order chi connectivity index (χ1) is 14.6. The number of likely N-dealkylation sites (N-methyl/N-ethyl adjacent to an activating group) is 1. The molecule has 4 rings (SSSR count). The number of H-pyrrole nitrogens is 1. The third-order valence-electron chi connectivity index (χ3n) is 4.59. The molecule has 1 aromatic carbocycles. The van der Waals surface area contributed by atoms with Crippen LogP contribution in [0.4, 0.5) is 5.69 Å². The second-order valence-electron chi connectivity index (χ2n) is 7.15. The van der Waals surface area contributed by atoms with Crippen molar-refractivity contribution in [3.63, 3.8) is 0 Å². The number of hydrogen-bond donors (Lipinski definition) is 2. The average molecular weight is 398 g/mol. The van der Waals surface area contributed by atoms with Gasteiger partial charge in [0.2, 0.25) is 5.91 Å². The van der Waals surface area contributed by atoms with Crippen molar-refractivity contribution in [1.82, 2.24) is 24.8 Å². The van der Waals surface area contributed by atoms with E-state index < -0.39 is 0 Å². The maximum atomic E-state index is 12.1. The van der Waals surface area contributed by atoms with Crippen molar-refractivity contribution < 1.29 is 4.79 Å². The number of fused-ring (bicyclic) bond motifs is 1. The van der Waals surface area contributed by atoms with Gasteiger partial charge in [-0.1, -0.05) is 18.2 Å². The Morgan fingerprint density at radius 3 is 2.87 bits per heavy atom. The van der Waals surface area contributed by atoms with Gasteiger partial charge in [0.15, 0.2) is 0 Å². The van der Waals surface area contributed by atoms with Crippen molar-refractivity contribution in [3.8, 4) is 22.4 Å². The molecular weight excluding hydrogens is 376 g/mol. The number of carbonyl (C=O) groups excluding carboxylic acids is 1. The summed E-state index contributed by atoms with van der Waals surface area (Å²) in [4.78, 5) is 30.2. The van der Waals surface area contributed by atoms with Crippen LogP contribution < -0.4 is 5.32 Å². The van der Waals surface area contributed by atoms with Crippen LogP contribution in [0.5, 0.6) is 0 Å². The monoisotopic (exact) mass is 398 g/mol. The van der Waals surface area contributed by atoms with E-state index in [1.807, 2.05) is 67.8 Å². The predicted octanol–water partition coefficient (Wildman–Crippen LogP) is 3.74. The number of amides is 1. The predicted molar refractivity (Wildman–Crippen MR) is 119 cm³/mol. The van der Waals surface area contributed by atoms with E-state index in [1.54, 1.807) is 12.3 Å². The number of aromatic amines is 1. The van der Waals surface area contributed by atoms with E-state index in [1.165, 1.54) is 6.33 Å². The number of nitrogens with zero attached hydrogens (tertiary/aromatic N) is 4. The van der Waals surface area contributed by atoms with Crippen LogP contribution in [0.1, 0.15) is 0 Å². The summed E-state index contributed by atoms with van der Waals surface area (Å²) in [6, 6.07) is 11.7. The minimum atomic E-state index is -0.153. The number of benzene rings is 1. The lowest BCUT2D eigenvalue weighted by molar-refractivity contribution is -0.111. The minimum absolute atomic E-state index is 0.153. The molecule has 0 radical (unpaired) electrons. The second-order valence-corrected chi connectivity index (χ2v) is 7.15. The summed E-state index contributed by atoms with van der Waals surface area (Å²) < 4.78 is 0. The van der Waals surface area contributed by atoms with Gasteiger partial charge in [0, 0.05) is 53.4 Å². The van der Waals surface area contributed by atoms with E-state index in [0.29, 0.717) is 6.54 Å². The third-order valence-corrected chi connectivity index (χ3v) is 4.59. The first-order valence-electron chi connectivity index (χ1n) is 9.56. The van der Waals surface area contributed by atoms with E-state index in [9.17, 15) is 4.79 Å². The van der Waals surface area contributed by atoms with Crippen molar-refractivity contribution in [1.29, 1.82) is 0 Å². The topological polar surface area (TPSA) is 86.8 Å². The Hall–Kier alpha value is -3.84. The standard InChI is InChI=1S/C23H22N6O/c1-29(2)10-4-7-22(30)28-18-6-3-5-16(11-18)17-12-19-20(14-26-23(19)25-13-17)21-8-9-24-15-27-21/h3-9,11-15H,10H2,1-2H3,(H,25,26)(H,28,30). The van der Waals surface area contributed by atoms with Gasteiger partial charge in [-0.15, -0.1) is 0 Å². The SMILES string of the molecule is CN(C)CC=CC(=O)Nc1cccc(-c2cnc3[nH]cc(-c4ccncn4)c3c2)c1. The van der Waals surface area contributed by atoms with Crippen molar-refractivity contribution in [2.45, 2.75) is 0 Å². The zero-order valence-corrected chi connectivity index (χ0v) is 16.8. The van der Waals surface area contributed by atoms with Crippen molar-refractivity contribution in [2.75, 3.05) is 26.0 Å². The van der Waals surface area contributed by atoms with Crippen LogP contribution in [0.25, 0.3) is 33.4 Å². The molecule has 4 aromatic rings. The molecule has 0 saturated heterocycles. The van der Waals surface area contributed by atoms with Gasteiger partial charge in [0.1, 0.15) is 12.0 Å². The molecule has 0 bridgehead atoms. The van der Waals surface area contributed by atoms with Gasteiger partial charge in [0.25, 0.3) is 0 Å². The molecule has 1 amide bonds. The third kappa shape index (κ3) is 4.42. The molecule has 3 aromatic heterocycles. The highest BCUT2D eigenvalue weighted by atomic mass is 16.1. The van der Waals surface area contributed by atoms with Crippen LogP contribution in [-0.2, 0) is 4.79 Å². The molecule has 0 aliphatic rings. The van der Waals surface area contributed by atoms with E-state index in [-0.39, 0.29) is 5.91 Å². The molecule has 2 N–H and O–H groups in total. The summed E-state index contributed by atoms with van der Waals surface area (Å²) in [5.41, 5.74) is 5.25. The maximum absolute atomic E-state index is 12.1. The quantitative estimate of drug-likeness (QED) is 0.483. The number of rotatable bonds is 6. The Labute approximate surface area is 174 Å². The van der Waals surface area contributed by atoms with Crippen molar-refractivity contribution >= 4 is 22.6 Å². The molecule has 0 saturated carbocycles. The van der Waals surface area contributed by atoms with Crippen LogP contribution in [0, 0.1) is 0 Å². The molecular formula is C23H22N6O. The summed E-state index contributed by atoms with van der Waals surface area (Å²) in [5, 5.41) is 3.89. The summed E-state index contributed by atoms with van der Waals surface area (Å²) in [5.74, 6) is -0.153. The fourth-order valence-electron chi connectivity index (χ4n) is 3.15. The first kappa shape index (κ1) is 19.5. The van der Waals surface area contributed by atoms with E-state index in [0.717, 1.165) is 39.1 Å². The molecule has 0 spiro atoms. The maximum Gasteiger partial charge on any atom is 0.248 e. The Kier molecular flexibility index (Phi) is 5.63. The van der Waals surface area contributed by atoms with E-state index in [4.69, 9.17) is 0 Å². The molecule has 0 unspecified atom stereocenters. The number of aromatic nitrogens is 4. The van der Waals surface area contributed by atoms with Gasteiger partial charge in [-0.2, -0.15) is 0 Å². The highest BCUT2D eigenvalue weighted by Gasteiger charge is 2.10. The van der Waals surface area contributed by atoms with E-state index >= 15 is 0 Å². The number of hydrogen-bond acceptors (Lipinski definition) is 5. The molecule has 3 heterocycles. The zero-order valence-electron chi connectivity index (χ0n) is 16.8. The van der Waals surface area contributed by atoms with Gasteiger partial charge in [-0.05, 0) is 43.9 Å². The average Bonchev–Trinajstić information content (AvgIpc) is 3.17. The fraction of sp³-hybridized carbons (Fsp3) is 0.130. The first-order valence-corrected chi connectivity index (χ1v) is 9.56. The normalized spacial score (nSPS) is 11.4. The Morgan fingerprint density at radius 1 is 1.17 bits per heavy atom. The van der Waals surface area contributed by atoms with Crippen LogP contribution in [-0.4, -0.2) is 51.4 Å². The number of pyridine rings is 1. The van der Waals surface area contributed by atoms with Crippen LogP contribution in [0.15, 0.2) is 73.5 Å². The van der Waals surface area contributed by atoms with Crippen molar-refractivity contribution in [2.24, 2.45) is 0 Å². The number of carbonyl (C=O) groups is 1. The fourth-order valence-corrected chi connectivity index (χ4v) is 3.15. The largest absolute Gasteiger partial charge is 0.345 e. The van der Waals surface area contributed by atoms with Crippen molar-refractivity contribution in [3.05, 3.63) is 73.5 Å². The summed E-state index contributed by atoms with van der Waals surface area (Å²) >= 11 is 0. The molecule has 0 aliphatic carbocycles. The lowest BCUT2D eigenvalue weighted by Crippen LogP contribution is -2.12. The van der Waals surface area contributed by atoms with Gasteiger partial charge in [-0.25, -0.2) is 15.0 Å². The van der Waals surface area contributed by atoms with Gasteiger partial charge in [-0.3, -0.25) is 4.79 Å². The highest BCUT2D eigenvalue weighted by molar-refractivity contribution is 6.00. The summed E-state index contributed by atoms with van der Waals surface area (Å²) in [6.45, 7) is 0.713. The van der Waals surface area contributed by atoms with Crippen LogP contribution in [0.3, 0.4) is 0 Å². The smallest absolute Gasteiger partial charge is 0.248 e. The number of nitrogens with one attached hydrogen (secondary N) is 2. The van der Waals surface area contributed by atoms with Crippen LogP contribution >= 0.6 is 0 Å². The van der Waals surface area contributed by atoms with Gasteiger partial charge < -0.3 is 15.2 Å².